The highest BCUT2D eigenvalue weighted by molar-refractivity contribution is 7.89. The van der Waals surface area contributed by atoms with Crippen LogP contribution in [0.1, 0.15) is 33.1 Å². The van der Waals surface area contributed by atoms with Gasteiger partial charge in [-0.05, 0) is 32.0 Å². The molecule has 2 aromatic rings. The van der Waals surface area contributed by atoms with Crippen molar-refractivity contribution in [1.29, 1.82) is 0 Å². The Hall–Kier alpha value is -1.54. The van der Waals surface area contributed by atoms with Gasteiger partial charge in [-0.2, -0.15) is 0 Å². The molecule has 0 radical (unpaired) electrons. The molecule has 1 atom stereocenters. The highest BCUT2D eigenvalue weighted by Crippen LogP contribution is 2.22. The Bertz CT molecular complexity index is 858. The first-order chi connectivity index (χ1) is 13.5. The second-order valence-corrected chi connectivity index (χ2v) is 9.41. The van der Waals surface area contributed by atoms with Crippen LogP contribution in [0.15, 0.2) is 41.6 Å². The lowest BCUT2D eigenvalue weighted by Gasteiger charge is -2.36. The molecule has 3 rings (SSSR count). The zero-order chi connectivity index (χ0) is 20.0. The zero-order valence-electron chi connectivity index (χ0n) is 17.0. The summed E-state index contributed by atoms with van der Waals surface area (Å²) in [5.41, 5.74) is 0. The summed E-state index contributed by atoms with van der Waals surface area (Å²) in [4.78, 5) is 9.27. The van der Waals surface area contributed by atoms with Gasteiger partial charge in [0.15, 0.2) is 0 Å². The summed E-state index contributed by atoms with van der Waals surface area (Å²) in [5.74, 6) is 0. The maximum atomic E-state index is 12.9. The lowest BCUT2D eigenvalue weighted by atomic mass is 10.2. The van der Waals surface area contributed by atoms with Crippen LogP contribution in [0.25, 0.3) is 10.8 Å². The molecular formula is C21H32N4O2S. The molecule has 1 fully saturated rings. The lowest BCUT2D eigenvalue weighted by molar-refractivity contribution is 0.125. The van der Waals surface area contributed by atoms with E-state index in [0.717, 1.165) is 38.1 Å². The Labute approximate surface area is 169 Å². The fraction of sp³-hybridized carbons (Fsp3) is 0.571. The number of hydrogen-bond donors (Lipinski definition) is 1. The van der Waals surface area contributed by atoms with E-state index in [1.54, 1.807) is 30.6 Å². The Balaban J connectivity index is 1.55. The van der Waals surface area contributed by atoms with Gasteiger partial charge in [-0.15, -0.1) is 0 Å². The quantitative estimate of drug-likeness (QED) is 0.651. The predicted octanol–water partition coefficient (Wildman–Crippen LogP) is 2.71. The molecule has 1 aliphatic heterocycles. The third-order valence-corrected chi connectivity index (χ3v) is 7.01. The number of nitrogens with one attached hydrogen (secondary N) is 1. The predicted molar refractivity (Wildman–Crippen MR) is 114 cm³/mol. The Morgan fingerprint density at radius 3 is 2.61 bits per heavy atom. The van der Waals surface area contributed by atoms with Crippen molar-refractivity contribution in [1.82, 2.24) is 19.5 Å². The molecule has 7 heteroatoms. The van der Waals surface area contributed by atoms with Gasteiger partial charge in [0, 0.05) is 61.9 Å². The molecule has 1 aromatic carbocycles. The van der Waals surface area contributed by atoms with Crippen LogP contribution in [0.2, 0.25) is 0 Å². The third-order valence-electron chi connectivity index (χ3n) is 5.36. The largest absolute Gasteiger partial charge is 0.301 e. The van der Waals surface area contributed by atoms with Crippen LogP contribution in [0, 0.1) is 0 Å². The summed E-state index contributed by atoms with van der Waals surface area (Å²) in [7, 11) is -3.58. The average molecular weight is 405 g/mol. The minimum Gasteiger partial charge on any atom is -0.301 e. The molecular weight excluding hydrogens is 372 g/mol. The van der Waals surface area contributed by atoms with Crippen molar-refractivity contribution in [2.45, 2.75) is 44.0 Å². The molecule has 1 aliphatic rings. The molecule has 1 saturated heterocycles. The molecule has 154 valence electrons. The highest BCUT2D eigenvalue weighted by atomic mass is 32.2. The third kappa shape index (κ3) is 5.50. The highest BCUT2D eigenvalue weighted by Gasteiger charge is 2.23. The van der Waals surface area contributed by atoms with Crippen molar-refractivity contribution < 1.29 is 8.42 Å². The van der Waals surface area contributed by atoms with Crippen LogP contribution in [0.3, 0.4) is 0 Å². The van der Waals surface area contributed by atoms with E-state index in [1.807, 2.05) is 13.0 Å². The van der Waals surface area contributed by atoms with Gasteiger partial charge in [-0.1, -0.05) is 31.9 Å². The van der Waals surface area contributed by atoms with E-state index in [9.17, 15) is 8.42 Å². The summed E-state index contributed by atoms with van der Waals surface area (Å²) in [6.07, 6.45) is 7.14. The number of benzene rings is 1. The van der Waals surface area contributed by atoms with Crippen molar-refractivity contribution in [3.63, 3.8) is 0 Å². The van der Waals surface area contributed by atoms with Crippen LogP contribution >= 0.6 is 0 Å². The molecule has 1 aromatic heterocycles. The molecule has 6 nitrogen and oxygen atoms in total. The number of piperazine rings is 1. The van der Waals surface area contributed by atoms with Gasteiger partial charge < -0.3 is 4.90 Å². The van der Waals surface area contributed by atoms with Crippen molar-refractivity contribution in [3.8, 4) is 0 Å². The Morgan fingerprint density at radius 1 is 1.11 bits per heavy atom. The van der Waals surface area contributed by atoms with Crippen molar-refractivity contribution in [2.24, 2.45) is 0 Å². The van der Waals surface area contributed by atoms with Gasteiger partial charge in [-0.25, -0.2) is 13.1 Å². The summed E-state index contributed by atoms with van der Waals surface area (Å²) in [6, 6.07) is 6.92. The second kappa shape index (κ2) is 9.78. The van der Waals surface area contributed by atoms with Gasteiger partial charge in [0.05, 0.1) is 4.90 Å². The molecule has 28 heavy (non-hydrogen) atoms. The van der Waals surface area contributed by atoms with Crippen molar-refractivity contribution >= 4 is 20.8 Å². The Morgan fingerprint density at radius 2 is 1.86 bits per heavy atom. The number of nitrogens with zero attached hydrogens (tertiary/aromatic N) is 3. The van der Waals surface area contributed by atoms with Crippen molar-refractivity contribution in [2.75, 3.05) is 39.3 Å². The summed E-state index contributed by atoms with van der Waals surface area (Å²) >= 11 is 0. The SMILES string of the molecule is CCCCCN1CCN(C[C@@H](C)NS(=O)(=O)c2cccc3cnccc23)CC1. The summed E-state index contributed by atoms with van der Waals surface area (Å²) < 4.78 is 28.7. The molecule has 0 amide bonds. The van der Waals surface area contributed by atoms with Crippen LogP contribution in [-0.4, -0.2) is 68.5 Å². The van der Waals surface area contributed by atoms with Gasteiger partial charge in [0.1, 0.15) is 0 Å². The van der Waals surface area contributed by atoms with E-state index < -0.39 is 10.0 Å². The molecule has 0 unspecified atom stereocenters. The maximum absolute atomic E-state index is 12.9. The van der Waals surface area contributed by atoms with Gasteiger partial charge in [0.2, 0.25) is 10.0 Å². The zero-order valence-corrected chi connectivity index (χ0v) is 17.8. The van der Waals surface area contributed by atoms with E-state index in [0.29, 0.717) is 10.3 Å². The minimum atomic E-state index is -3.58. The molecule has 0 aliphatic carbocycles. The number of hydrogen-bond acceptors (Lipinski definition) is 5. The normalized spacial score (nSPS) is 17.8. The first kappa shape index (κ1) is 21.2. The fourth-order valence-electron chi connectivity index (χ4n) is 3.86. The van der Waals surface area contributed by atoms with E-state index in [4.69, 9.17) is 0 Å². The van der Waals surface area contributed by atoms with E-state index in [1.165, 1.54) is 25.8 Å². The lowest BCUT2D eigenvalue weighted by Crippen LogP contribution is -2.50. The number of rotatable bonds is 9. The molecule has 0 saturated carbocycles. The molecule has 1 N–H and O–H groups in total. The number of fused-ring (bicyclic) bond motifs is 1. The molecule has 2 heterocycles. The standard InChI is InChI=1S/C21H32N4O2S/c1-3-4-5-11-24-12-14-25(15-13-24)17-18(2)23-28(26,27)21-8-6-7-19-16-22-10-9-20(19)21/h6-10,16,18,23H,3-5,11-15,17H2,1-2H3/t18-/m1/s1. The topological polar surface area (TPSA) is 65.5 Å². The first-order valence-electron chi connectivity index (χ1n) is 10.3. The van der Waals surface area contributed by atoms with Crippen LogP contribution in [-0.2, 0) is 10.0 Å². The number of unbranched alkanes of at least 4 members (excludes halogenated alkanes) is 2. The number of sulfonamides is 1. The second-order valence-electron chi connectivity index (χ2n) is 7.72. The summed E-state index contributed by atoms with van der Waals surface area (Å²) in [5, 5.41) is 1.54. The number of aromatic nitrogens is 1. The van der Waals surface area contributed by atoms with Crippen LogP contribution in [0.5, 0.6) is 0 Å². The fourth-order valence-corrected chi connectivity index (χ4v) is 5.33. The van der Waals surface area contributed by atoms with E-state index in [2.05, 4.69) is 26.4 Å². The Kier molecular flexibility index (Phi) is 7.40. The smallest absolute Gasteiger partial charge is 0.241 e. The maximum Gasteiger partial charge on any atom is 0.241 e. The average Bonchev–Trinajstić information content (AvgIpc) is 2.68. The summed E-state index contributed by atoms with van der Waals surface area (Å²) in [6.45, 7) is 10.2. The monoisotopic (exact) mass is 404 g/mol. The van der Waals surface area contributed by atoms with Gasteiger partial charge in [0.25, 0.3) is 0 Å². The van der Waals surface area contributed by atoms with Crippen molar-refractivity contribution in [3.05, 3.63) is 36.7 Å². The molecule has 0 bridgehead atoms. The van der Waals surface area contributed by atoms with Gasteiger partial charge in [-0.3, -0.25) is 9.88 Å². The van der Waals surface area contributed by atoms with Crippen LogP contribution < -0.4 is 4.72 Å². The first-order valence-corrected chi connectivity index (χ1v) is 11.8. The minimum absolute atomic E-state index is 0.145. The van der Waals surface area contributed by atoms with Crippen LogP contribution in [0.4, 0.5) is 0 Å². The van der Waals surface area contributed by atoms with E-state index in [-0.39, 0.29) is 6.04 Å². The molecule has 0 spiro atoms. The number of pyridine rings is 1. The van der Waals surface area contributed by atoms with Gasteiger partial charge >= 0.3 is 0 Å². The van der Waals surface area contributed by atoms with E-state index >= 15 is 0 Å².